The number of rotatable bonds is 7. The zero-order chi connectivity index (χ0) is 24.3. The van der Waals surface area contributed by atoms with Crippen molar-refractivity contribution in [1.82, 2.24) is 5.32 Å². The second-order valence-corrected chi connectivity index (χ2v) is 10.7. The van der Waals surface area contributed by atoms with Crippen LogP contribution in [0.25, 0.3) is 0 Å². The monoisotopic (exact) mass is 484 g/mol. The van der Waals surface area contributed by atoms with Crippen LogP contribution in [0.15, 0.2) is 65.6 Å². The van der Waals surface area contributed by atoms with Crippen LogP contribution in [0.5, 0.6) is 0 Å². The van der Waals surface area contributed by atoms with Crippen LogP contribution in [0.4, 0.5) is 5.69 Å². The van der Waals surface area contributed by atoms with Gasteiger partial charge in [0.15, 0.2) is 0 Å². The first-order chi connectivity index (χ1) is 15.5. The molecule has 1 unspecified atom stereocenters. The van der Waals surface area contributed by atoms with Gasteiger partial charge in [-0.1, -0.05) is 41.4 Å². The topological polar surface area (TPSA) is 66.5 Å². The molecule has 0 aliphatic rings. The van der Waals surface area contributed by atoms with E-state index in [4.69, 9.17) is 11.6 Å². The lowest BCUT2D eigenvalue weighted by Crippen LogP contribution is -2.41. The summed E-state index contributed by atoms with van der Waals surface area (Å²) in [5, 5.41) is 3.39. The summed E-state index contributed by atoms with van der Waals surface area (Å²) < 4.78 is 28.2. The molecule has 1 atom stereocenters. The number of aryl methyl sites for hydroxylation is 4. The van der Waals surface area contributed by atoms with Gasteiger partial charge in [0.1, 0.15) is 6.54 Å². The van der Waals surface area contributed by atoms with Gasteiger partial charge in [0.05, 0.1) is 16.6 Å². The molecule has 0 heterocycles. The first kappa shape index (κ1) is 24.8. The van der Waals surface area contributed by atoms with Gasteiger partial charge >= 0.3 is 0 Å². The number of carbonyl (C=O) groups is 1. The standard InChI is InChI=1S/C26H29ClN2O3S/c1-17-6-7-19(3)25(14-17)21(5)28-26(30)16-29(23-11-8-18(2)20(4)15-23)33(31,32)24-12-9-22(27)10-13-24/h6-15,21H,16H2,1-5H3,(H,28,30). The fourth-order valence-corrected chi connectivity index (χ4v) is 5.19. The normalized spacial score (nSPS) is 12.3. The molecule has 33 heavy (non-hydrogen) atoms. The van der Waals surface area contributed by atoms with Gasteiger partial charge in [0.25, 0.3) is 10.0 Å². The van der Waals surface area contributed by atoms with E-state index in [0.717, 1.165) is 32.1 Å². The fraction of sp³-hybridized carbons (Fsp3) is 0.269. The lowest BCUT2D eigenvalue weighted by atomic mass is 10.00. The molecule has 0 bridgehead atoms. The van der Waals surface area contributed by atoms with Gasteiger partial charge in [-0.05, 0) is 93.3 Å². The minimum absolute atomic E-state index is 0.0699. The minimum atomic E-state index is -4.00. The Morgan fingerprint density at radius 3 is 2.18 bits per heavy atom. The number of hydrogen-bond acceptors (Lipinski definition) is 3. The molecule has 0 spiro atoms. The molecule has 0 aliphatic carbocycles. The molecular formula is C26H29ClN2O3S. The van der Waals surface area contributed by atoms with E-state index >= 15 is 0 Å². The summed E-state index contributed by atoms with van der Waals surface area (Å²) in [6.07, 6.45) is 0. The van der Waals surface area contributed by atoms with E-state index in [9.17, 15) is 13.2 Å². The van der Waals surface area contributed by atoms with Crippen molar-refractivity contribution in [3.63, 3.8) is 0 Å². The molecule has 3 aromatic carbocycles. The van der Waals surface area contributed by atoms with Gasteiger partial charge < -0.3 is 5.32 Å². The highest BCUT2D eigenvalue weighted by atomic mass is 35.5. The van der Waals surface area contributed by atoms with E-state index in [2.05, 4.69) is 5.32 Å². The van der Waals surface area contributed by atoms with E-state index in [-0.39, 0.29) is 23.4 Å². The lowest BCUT2D eigenvalue weighted by Gasteiger charge is -2.26. The number of amides is 1. The Morgan fingerprint density at radius 2 is 1.55 bits per heavy atom. The van der Waals surface area contributed by atoms with Crippen molar-refractivity contribution in [1.29, 1.82) is 0 Å². The highest BCUT2D eigenvalue weighted by Gasteiger charge is 2.28. The van der Waals surface area contributed by atoms with Crippen molar-refractivity contribution in [2.75, 3.05) is 10.8 Å². The number of anilines is 1. The zero-order valence-electron chi connectivity index (χ0n) is 19.5. The number of hydrogen-bond donors (Lipinski definition) is 1. The Labute approximate surface area is 201 Å². The second-order valence-electron chi connectivity index (χ2n) is 8.38. The number of nitrogens with zero attached hydrogens (tertiary/aromatic N) is 1. The molecule has 3 aromatic rings. The Morgan fingerprint density at radius 1 is 0.909 bits per heavy atom. The fourth-order valence-electron chi connectivity index (χ4n) is 3.65. The minimum Gasteiger partial charge on any atom is -0.348 e. The third kappa shape index (κ3) is 5.75. The highest BCUT2D eigenvalue weighted by Crippen LogP contribution is 2.27. The van der Waals surface area contributed by atoms with Gasteiger partial charge in [-0.3, -0.25) is 9.10 Å². The summed E-state index contributed by atoms with van der Waals surface area (Å²) >= 11 is 5.95. The van der Waals surface area contributed by atoms with E-state index in [0.29, 0.717) is 10.7 Å². The number of sulfonamides is 1. The summed E-state index contributed by atoms with van der Waals surface area (Å²) in [6, 6.07) is 17.1. The summed E-state index contributed by atoms with van der Waals surface area (Å²) in [6.45, 7) is 9.40. The number of benzene rings is 3. The SMILES string of the molecule is Cc1ccc(C)c(C(C)NC(=O)CN(c2ccc(C)c(C)c2)S(=O)(=O)c2ccc(Cl)cc2)c1. The second kappa shape index (κ2) is 9.98. The average molecular weight is 485 g/mol. The molecular weight excluding hydrogens is 456 g/mol. The summed E-state index contributed by atoms with van der Waals surface area (Å²) in [7, 11) is -4.00. The van der Waals surface area contributed by atoms with Crippen LogP contribution in [0, 0.1) is 27.7 Å². The van der Waals surface area contributed by atoms with Crippen molar-refractivity contribution in [3.8, 4) is 0 Å². The molecule has 0 radical (unpaired) electrons. The van der Waals surface area contributed by atoms with Gasteiger partial charge in [-0.2, -0.15) is 0 Å². The van der Waals surface area contributed by atoms with Gasteiger partial charge in [-0.15, -0.1) is 0 Å². The van der Waals surface area contributed by atoms with E-state index in [1.54, 1.807) is 12.1 Å². The zero-order valence-corrected chi connectivity index (χ0v) is 21.1. The Kier molecular flexibility index (Phi) is 7.50. The van der Waals surface area contributed by atoms with E-state index in [1.165, 1.54) is 24.3 Å². The molecule has 7 heteroatoms. The third-order valence-corrected chi connectivity index (χ3v) is 7.79. The molecule has 0 fully saturated rings. The highest BCUT2D eigenvalue weighted by molar-refractivity contribution is 7.92. The maximum atomic E-state index is 13.5. The van der Waals surface area contributed by atoms with Crippen molar-refractivity contribution in [3.05, 3.63) is 93.5 Å². The van der Waals surface area contributed by atoms with Crippen LogP contribution in [-0.4, -0.2) is 20.9 Å². The Balaban J connectivity index is 1.94. The lowest BCUT2D eigenvalue weighted by molar-refractivity contribution is -0.120. The van der Waals surface area contributed by atoms with Crippen LogP contribution >= 0.6 is 11.6 Å². The molecule has 1 N–H and O–H groups in total. The first-order valence-corrected chi connectivity index (χ1v) is 12.5. The molecule has 0 aliphatic heterocycles. The number of carbonyl (C=O) groups excluding carboxylic acids is 1. The van der Waals surface area contributed by atoms with Gasteiger partial charge in [0.2, 0.25) is 5.91 Å². The Hall–Kier alpha value is -2.83. The Bertz CT molecular complexity index is 1270. The molecule has 174 valence electrons. The molecule has 0 saturated carbocycles. The molecule has 0 saturated heterocycles. The average Bonchev–Trinajstić information content (AvgIpc) is 2.76. The number of nitrogens with one attached hydrogen (secondary N) is 1. The van der Waals surface area contributed by atoms with Crippen LogP contribution in [-0.2, 0) is 14.8 Å². The van der Waals surface area contributed by atoms with Crippen LogP contribution < -0.4 is 9.62 Å². The van der Waals surface area contributed by atoms with E-state index < -0.39 is 10.0 Å². The smallest absolute Gasteiger partial charge is 0.264 e. The van der Waals surface area contributed by atoms with Crippen LogP contribution in [0.3, 0.4) is 0 Å². The summed E-state index contributed by atoms with van der Waals surface area (Å²) in [5.41, 5.74) is 5.57. The van der Waals surface area contributed by atoms with Crippen molar-refractivity contribution in [2.45, 2.75) is 45.6 Å². The molecule has 0 aromatic heterocycles. The maximum Gasteiger partial charge on any atom is 0.264 e. The molecule has 1 amide bonds. The van der Waals surface area contributed by atoms with E-state index in [1.807, 2.05) is 58.9 Å². The van der Waals surface area contributed by atoms with Crippen molar-refractivity contribution in [2.24, 2.45) is 0 Å². The third-order valence-electron chi connectivity index (χ3n) is 5.75. The predicted octanol–water partition coefficient (Wildman–Crippen LogP) is 5.65. The van der Waals surface area contributed by atoms with Gasteiger partial charge in [-0.25, -0.2) is 8.42 Å². The van der Waals surface area contributed by atoms with Crippen LogP contribution in [0.1, 0.15) is 40.8 Å². The van der Waals surface area contributed by atoms with Crippen molar-refractivity contribution >= 4 is 33.2 Å². The molecule has 5 nitrogen and oxygen atoms in total. The van der Waals surface area contributed by atoms with Crippen LogP contribution in [0.2, 0.25) is 5.02 Å². The van der Waals surface area contributed by atoms with Gasteiger partial charge in [0, 0.05) is 5.02 Å². The first-order valence-electron chi connectivity index (χ1n) is 10.7. The quantitative estimate of drug-likeness (QED) is 0.471. The predicted molar refractivity (Wildman–Crippen MR) is 134 cm³/mol. The summed E-state index contributed by atoms with van der Waals surface area (Å²) in [5.74, 6) is -0.390. The largest absolute Gasteiger partial charge is 0.348 e. The summed E-state index contributed by atoms with van der Waals surface area (Å²) in [4.78, 5) is 13.1. The number of halogens is 1. The maximum absolute atomic E-state index is 13.5. The van der Waals surface area contributed by atoms with Crippen molar-refractivity contribution < 1.29 is 13.2 Å². The molecule has 3 rings (SSSR count).